The molecule has 0 atom stereocenters. The molecule has 0 amide bonds. The van der Waals surface area contributed by atoms with Crippen LogP contribution < -0.4 is 4.90 Å². The summed E-state index contributed by atoms with van der Waals surface area (Å²) >= 11 is 19.0. The molecule has 0 radical (unpaired) electrons. The summed E-state index contributed by atoms with van der Waals surface area (Å²) in [6.45, 7) is 4.09. The van der Waals surface area contributed by atoms with Crippen LogP contribution in [0.5, 0.6) is 0 Å². The van der Waals surface area contributed by atoms with E-state index in [1.807, 2.05) is 39.7 Å². The van der Waals surface area contributed by atoms with Crippen molar-refractivity contribution in [2.45, 2.75) is 50.6 Å². The Morgan fingerprint density at radius 2 is 1.52 bits per heavy atom. The molecule has 4 aliphatic carbocycles. The summed E-state index contributed by atoms with van der Waals surface area (Å²) in [5.74, 6) is 3.13. The number of hydrogen-bond donors (Lipinski definition) is 0. The standard InChI is InChI=1S/C30H33Cl2FN6S/c31-26-2-1-3-27(32)25(26)18-34-39-28(30-15-20-12-21(16-30)14-22(13-20)17-30)35-38(29(39)40)19-36-8-10-37(11-9-36)24-6-4-23(33)5-7-24/h1-7,18,20-22H,8-17,19H2/b34-18+. The molecule has 3 aromatic rings. The fourth-order valence-electron chi connectivity index (χ4n) is 8.05. The SMILES string of the molecule is Fc1ccc(N2CCN(Cn3nc(C45CC6CC(CC(C6)C4)C5)n(/N=C/c4c(Cl)cccc4Cl)c3=S)CC2)cc1. The van der Waals surface area contributed by atoms with E-state index in [1.54, 1.807) is 6.21 Å². The molecular formula is C30H33Cl2FN6S. The molecule has 2 heterocycles. The zero-order chi connectivity index (χ0) is 27.4. The van der Waals surface area contributed by atoms with Crippen LogP contribution in [-0.4, -0.2) is 51.8 Å². The third-order valence-electron chi connectivity index (χ3n) is 9.53. The lowest BCUT2D eigenvalue weighted by molar-refractivity contribution is -0.0112. The lowest BCUT2D eigenvalue weighted by atomic mass is 9.49. The van der Waals surface area contributed by atoms with Gasteiger partial charge in [0, 0.05) is 42.8 Å². The van der Waals surface area contributed by atoms with Gasteiger partial charge in [-0.2, -0.15) is 14.9 Å². The highest BCUT2D eigenvalue weighted by atomic mass is 35.5. The maximum atomic E-state index is 13.4. The zero-order valence-corrected chi connectivity index (χ0v) is 24.7. The van der Waals surface area contributed by atoms with E-state index >= 15 is 0 Å². The highest BCUT2D eigenvalue weighted by molar-refractivity contribution is 7.71. The lowest BCUT2D eigenvalue weighted by Crippen LogP contribution is -2.49. The minimum Gasteiger partial charge on any atom is -0.369 e. The first-order chi connectivity index (χ1) is 19.4. The van der Waals surface area contributed by atoms with Gasteiger partial charge < -0.3 is 4.90 Å². The van der Waals surface area contributed by atoms with Crippen molar-refractivity contribution in [1.29, 1.82) is 0 Å². The second-order valence-corrected chi connectivity index (χ2v) is 13.4. The van der Waals surface area contributed by atoms with Crippen LogP contribution in [0.4, 0.5) is 10.1 Å². The van der Waals surface area contributed by atoms with Crippen LogP contribution in [0.2, 0.25) is 10.0 Å². The van der Waals surface area contributed by atoms with Gasteiger partial charge >= 0.3 is 0 Å². The van der Waals surface area contributed by atoms with E-state index in [4.69, 9.17) is 45.6 Å². The summed E-state index contributed by atoms with van der Waals surface area (Å²) in [7, 11) is 0. The molecular weight excluding hydrogens is 566 g/mol. The normalized spacial score (nSPS) is 28.2. The minimum absolute atomic E-state index is 0.0243. The molecule has 5 aliphatic rings. The quantitative estimate of drug-likeness (QED) is 0.226. The third-order valence-corrected chi connectivity index (χ3v) is 10.6. The van der Waals surface area contributed by atoms with Gasteiger partial charge in [0.05, 0.1) is 22.9 Å². The van der Waals surface area contributed by atoms with Gasteiger partial charge in [0.2, 0.25) is 4.77 Å². The first-order valence-electron chi connectivity index (χ1n) is 14.3. The van der Waals surface area contributed by atoms with Crippen molar-refractivity contribution in [3.05, 3.63) is 74.5 Å². The van der Waals surface area contributed by atoms with Gasteiger partial charge in [-0.15, -0.1) is 0 Å². The van der Waals surface area contributed by atoms with E-state index in [1.165, 1.54) is 50.7 Å². The van der Waals surface area contributed by atoms with E-state index in [2.05, 4.69) is 9.80 Å². The number of halogens is 3. The maximum Gasteiger partial charge on any atom is 0.220 e. The van der Waals surface area contributed by atoms with Gasteiger partial charge in [-0.3, -0.25) is 4.90 Å². The summed E-state index contributed by atoms with van der Waals surface area (Å²) in [6, 6.07) is 12.2. The first-order valence-corrected chi connectivity index (χ1v) is 15.4. The van der Waals surface area contributed by atoms with Crippen LogP contribution >= 0.6 is 35.4 Å². The Bertz CT molecular complexity index is 1440. The molecule has 6 nitrogen and oxygen atoms in total. The predicted molar refractivity (Wildman–Crippen MR) is 161 cm³/mol. The van der Waals surface area contributed by atoms with Crippen LogP contribution in [0.1, 0.15) is 49.9 Å². The van der Waals surface area contributed by atoms with E-state index in [-0.39, 0.29) is 11.2 Å². The average Bonchev–Trinajstić information content (AvgIpc) is 3.24. The summed E-state index contributed by atoms with van der Waals surface area (Å²) in [6.07, 6.45) is 9.32. The van der Waals surface area contributed by atoms with Crippen LogP contribution in [0.25, 0.3) is 0 Å². The van der Waals surface area contributed by atoms with Gasteiger partial charge in [-0.05, 0) is 105 Å². The molecule has 210 valence electrons. The van der Waals surface area contributed by atoms with Gasteiger partial charge in [-0.25, -0.2) is 9.07 Å². The second kappa shape index (κ2) is 10.5. The van der Waals surface area contributed by atoms with Crippen LogP contribution in [0.15, 0.2) is 47.6 Å². The van der Waals surface area contributed by atoms with Crippen molar-refractivity contribution >= 4 is 47.3 Å². The van der Waals surface area contributed by atoms with Crippen molar-refractivity contribution in [3.8, 4) is 0 Å². The highest BCUT2D eigenvalue weighted by Crippen LogP contribution is 2.60. The number of piperazine rings is 1. The molecule has 0 N–H and O–H groups in total. The topological polar surface area (TPSA) is 41.6 Å². The Hall–Kier alpha value is -2.26. The van der Waals surface area contributed by atoms with Gasteiger partial charge in [0.25, 0.3) is 0 Å². The van der Waals surface area contributed by atoms with Crippen molar-refractivity contribution in [1.82, 2.24) is 19.4 Å². The molecule has 1 aromatic heterocycles. The number of aromatic nitrogens is 3. The monoisotopic (exact) mass is 598 g/mol. The zero-order valence-electron chi connectivity index (χ0n) is 22.4. The van der Waals surface area contributed by atoms with Crippen LogP contribution in [0.3, 0.4) is 0 Å². The summed E-state index contributed by atoms with van der Waals surface area (Å²) in [5, 5.41) is 11.3. The number of anilines is 1. The summed E-state index contributed by atoms with van der Waals surface area (Å²) in [5.41, 5.74) is 1.77. The molecule has 4 bridgehead atoms. The minimum atomic E-state index is -0.207. The van der Waals surface area contributed by atoms with E-state index in [0.717, 1.165) is 55.4 Å². The molecule has 1 saturated heterocycles. The Balaban J connectivity index is 1.18. The third kappa shape index (κ3) is 4.91. The smallest absolute Gasteiger partial charge is 0.220 e. The molecule has 1 aliphatic heterocycles. The fraction of sp³-hybridized carbons (Fsp3) is 0.500. The molecule has 0 unspecified atom stereocenters. The average molecular weight is 600 g/mol. The van der Waals surface area contributed by atoms with Gasteiger partial charge in [0.15, 0.2) is 5.82 Å². The maximum absolute atomic E-state index is 13.4. The van der Waals surface area contributed by atoms with Gasteiger partial charge in [-0.1, -0.05) is 29.3 Å². The number of hydrogen-bond acceptors (Lipinski definition) is 5. The largest absolute Gasteiger partial charge is 0.369 e. The highest BCUT2D eigenvalue weighted by Gasteiger charge is 2.54. The molecule has 40 heavy (non-hydrogen) atoms. The van der Waals surface area contributed by atoms with E-state index < -0.39 is 0 Å². The Kier molecular flexibility index (Phi) is 7.01. The van der Waals surface area contributed by atoms with Crippen molar-refractivity contribution < 1.29 is 4.39 Å². The number of nitrogens with zero attached hydrogens (tertiary/aromatic N) is 6. The molecule has 5 fully saturated rings. The second-order valence-electron chi connectivity index (χ2n) is 12.2. The molecule has 0 spiro atoms. The lowest BCUT2D eigenvalue weighted by Gasteiger charge is -2.55. The Morgan fingerprint density at radius 3 is 2.12 bits per heavy atom. The van der Waals surface area contributed by atoms with E-state index in [0.29, 0.717) is 27.0 Å². The Morgan fingerprint density at radius 1 is 0.925 bits per heavy atom. The summed E-state index contributed by atoms with van der Waals surface area (Å²) in [4.78, 5) is 4.68. The predicted octanol–water partition coefficient (Wildman–Crippen LogP) is 6.99. The molecule has 4 saturated carbocycles. The molecule has 10 heteroatoms. The van der Waals surface area contributed by atoms with Crippen LogP contribution in [-0.2, 0) is 12.1 Å². The van der Waals surface area contributed by atoms with Crippen LogP contribution in [0, 0.1) is 28.3 Å². The van der Waals surface area contributed by atoms with Crippen molar-refractivity contribution in [2.24, 2.45) is 22.9 Å². The summed E-state index contributed by atoms with van der Waals surface area (Å²) < 4.78 is 17.8. The molecule has 8 rings (SSSR count). The first kappa shape index (κ1) is 26.6. The van der Waals surface area contributed by atoms with E-state index in [9.17, 15) is 4.39 Å². The Labute approximate surface area is 249 Å². The van der Waals surface area contributed by atoms with Crippen molar-refractivity contribution in [3.63, 3.8) is 0 Å². The number of benzene rings is 2. The number of rotatable bonds is 6. The van der Waals surface area contributed by atoms with Gasteiger partial charge in [0.1, 0.15) is 5.82 Å². The fourth-order valence-corrected chi connectivity index (χ4v) is 8.78. The molecule has 2 aromatic carbocycles. The van der Waals surface area contributed by atoms with Crippen molar-refractivity contribution in [2.75, 3.05) is 31.1 Å².